The summed E-state index contributed by atoms with van der Waals surface area (Å²) < 4.78 is 20.5. The van der Waals surface area contributed by atoms with Crippen molar-refractivity contribution in [2.45, 2.75) is 13.5 Å². The highest BCUT2D eigenvalue weighted by atomic mass is 35.5. The fourth-order valence-corrected chi connectivity index (χ4v) is 3.36. The van der Waals surface area contributed by atoms with Crippen LogP contribution in [0.25, 0.3) is 10.9 Å². The molecule has 3 aromatic heterocycles. The smallest absolute Gasteiger partial charge is 0.139 e. The lowest BCUT2D eigenvalue weighted by Crippen LogP contribution is -2.00. The van der Waals surface area contributed by atoms with Crippen molar-refractivity contribution in [3.8, 4) is 0 Å². The van der Waals surface area contributed by atoms with E-state index in [0.29, 0.717) is 18.1 Å². The van der Waals surface area contributed by atoms with Gasteiger partial charge >= 0.3 is 0 Å². The maximum absolute atomic E-state index is 13.4. The minimum Gasteiger partial charge on any atom is -0.361 e. The van der Waals surface area contributed by atoms with Crippen molar-refractivity contribution in [1.82, 2.24) is 14.7 Å². The third-order valence-electron chi connectivity index (χ3n) is 3.96. The zero-order chi connectivity index (χ0) is 18.3. The molecule has 1 aromatic carbocycles. The molecule has 0 aliphatic heterocycles. The van der Waals surface area contributed by atoms with Gasteiger partial charge in [-0.2, -0.15) is 0 Å². The first-order chi connectivity index (χ1) is 12.5. The van der Waals surface area contributed by atoms with Gasteiger partial charge in [0.2, 0.25) is 0 Å². The van der Waals surface area contributed by atoms with E-state index in [0.717, 1.165) is 22.4 Å². The summed E-state index contributed by atoms with van der Waals surface area (Å²) in [5, 5.41) is 8.38. The Balaban J connectivity index is 1.71. The van der Waals surface area contributed by atoms with E-state index in [-0.39, 0.29) is 10.0 Å². The molecule has 0 radical (unpaired) electrons. The molecule has 0 saturated heterocycles. The monoisotopic (exact) mass is 390 g/mol. The summed E-state index contributed by atoms with van der Waals surface area (Å²) >= 11 is 12.2. The molecule has 5 nitrogen and oxygen atoms in total. The first-order valence-corrected chi connectivity index (χ1v) is 8.54. The highest BCUT2D eigenvalue weighted by molar-refractivity contribution is 6.39. The van der Waals surface area contributed by atoms with Crippen LogP contribution in [0.15, 0.2) is 47.2 Å². The number of halogens is 3. The number of nitrogens with one attached hydrogen (secondary N) is 1. The van der Waals surface area contributed by atoms with Gasteiger partial charge in [0, 0.05) is 23.8 Å². The van der Waals surface area contributed by atoms with Crippen LogP contribution < -0.4 is 5.32 Å². The third-order valence-corrected chi connectivity index (χ3v) is 4.55. The van der Waals surface area contributed by atoms with Crippen molar-refractivity contribution in [3.05, 3.63) is 70.0 Å². The molecule has 0 spiro atoms. The first kappa shape index (κ1) is 16.9. The normalized spacial score (nSPS) is 11.2. The number of pyridine rings is 1. The van der Waals surface area contributed by atoms with Gasteiger partial charge in [0.1, 0.15) is 23.1 Å². The van der Waals surface area contributed by atoms with Gasteiger partial charge < -0.3 is 14.4 Å². The van der Waals surface area contributed by atoms with E-state index in [2.05, 4.69) is 15.5 Å². The van der Waals surface area contributed by atoms with Crippen molar-refractivity contribution in [1.29, 1.82) is 0 Å². The number of fused-ring (bicyclic) bond motifs is 1. The Morgan fingerprint density at radius 3 is 2.65 bits per heavy atom. The van der Waals surface area contributed by atoms with Gasteiger partial charge in [-0.1, -0.05) is 28.4 Å². The van der Waals surface area contributed by atoms with Gasteiger partial charge in [-0.3, -0.25) is 0 Å². The summed E-state index contributed by atoms with van der Waals surface area (Å²) in [6.07, 6.45) is 3.62. The molecule has 132 valence electrons. The van der Waals surface area contributed by atoms with Gasteiger partial charge in [-0.05, 0) is 31.2 Å². The van der Waals surface area contributed by atoms with Crippen LogP contribution >= 0.6 is 23.2 Å². The second kappa shape index (κ2) is 6.63. The quantitative estimate of drug-likeness (QED) is 0.494. The molecule has 4 rings (SSSR count). The number of anilines is 2. The van der Waals surface area contributed by atoms with Crippen molar-refractivity contribution in [2.75, 3.05) is 5.32 Å². The van der Waals surface area contributed by atoms with Crippen LogP contribution in [0.5, 0.6) is 0 Å². The summed E-state index contributed by atoms with van der Waals surface area (Å²) in [5.41, 5.74) is 2.20. The lowest BCUT2D eigenvalue weighted by molar-refractivity contribution is 0.389. The van der Waals surface area contributed by atoms with Crippen LogP contribution in [-0.2, 0) is 6.54 Å². The molecule has 0 fully saturated rings. The van der Waals surface area contributed by atoms with E-state index in [9.17, 15) is 4.39 Å². The molecular formula is C18H13Cl2FN4O. The van der Waals surface area contributed by atoms with E-state index in [4.69, 9.17) is 27.7 Å². The number of hydrogen-bond acceptors (Lipinski definition) is 4. The van der Waals surface area contributed by atoms with Gasteiger partial charge in [0.15, 0.2) is 0 Å². The average Bonchev–Trinajstić information content (AvgIpc) is 3.18. The Labute approximate surface area is 158 Å². The average molecular weight is 391 g/mol. The predicted molar refractivity (Wildman–Crippen MR) is 99.8 cm³/mol. The van der Waals surface area contributed by atoms with Crippen LogP contribution in [0.4, 0.5) is 15.9 Å². The zero-order valence-electron chi connectivity index (χ0n) is 13.6. The van der Waals surface area contributed by atoms with Crippen LogP contribution in [-0.4, -0.2) is 14.7 Å². The van der Waals surface area contributed by atoms with E-state index in [1.54, 1.807) is 6.20 Å². The van der Waals surface area contributed by atoms with Crippen LogP contribution in [0, 0.1) is 12.7 Å². The Morgan fingerprint density at radius 1 is 1.19 bits per heavy atom. The molecule has 8 heteroatoms. The first-order valence-electron chi connectivity index (χ1n) is 7.79. The Morgan fingerprint density at radius 2 is 1.96 bits per heavy atom. The third kappa shape index (κ3) is 3.13. The summed E-state index contributed by atoms with van der Waals surface area (Å²) in [6.45, 7) is 2.43. The number of aryl methyl sites for hydroxylation is 1. The second-order valence-corrected chi connectivity index (χ2v) is 6.65. The molecular weight excluding hydrogens is 378 g/mol. The Bertz CT molecular complexity index is 1080. The van der Waals surface area contributed by atoms with Crippen molar-refractivity contribution in [2.24, 2.45) is 0 Å². The van der Waals surface area contributed by atoms with Crippen LogP contribution in [0.2, 0.25) is 10.0 Å². The molecule has 26 heavy (non-hydrogen) atoms. The molecule has 3 heterocycles. The second-order valence-electron chi connectivity index (χ2n) is 5.83. The summed E-state index contributed by atoms with van der Waals surface area (Å²) in [6, 6.07) is 8.14. The lowest BCUT2D eigenvalue weighted by atomic mass is 10.2. The molecule has 0 atom stereocenters. The fraction of sp³-hybridized carbons (Fsp3) is 0.111. The van der Waals surface area contributed by atoms with Crippen molar-refractivity contribution in [3.63, 3.8) is 0 Å². The molecule has 0 unspecified atom stereocenters. The number of benzene rings is 1. The molecule has 0 aliphatic carbocycles. The maximum Gasteiger partial charge on any atom is 0.139 e. The standard InChI is InChI=1S/C18H13Cl2FN4O/c1-10-6-12(24-26-10)9-25-5-3-13-16(25)2-4-22-18(13)23-17-14(19)7-11(21)8-15(17)20/h2-8H,9H2,1H3,(H,22,23). The highest BCUT2D eigenvalue weighted by Crippen LogP contribution is 2.35. The molecule has 0 saturated carbocycles. The van der Waals surface area contributed by atoms with E-state index < -0.39 is 5.82 Å². The van der Waals surface area contributed by atoms with Crippen LogP contribution in [0.1, 0.15) is 11.5 Å². The summed E-state index contributed by atoms with van der Waals surface area (Å²) in [7, 11) is 0. The van der Waals surface area contributed by atoms with Gasteiger partial charge in [0.05, 0.1) is 27.8 Å². The van der Waals surface area contributed by atoms with Gasteiger partial charge in [0.25, 0.3) is 0 Å². The predicted octanol–water partition coefficient (Wildman–Crippen LogP) is 5.57. The largest absolute Gasteiger partial charge is 0.361 e. The minimum absolute atomic E-state index is 0.186. The van der Waals surface area contributed by atoms with Crippen molar-refractivity contribution < 1.29 is 8.91 Å². The van der Waals surface area contributed by atoms with Gasteiger partial charge in [-0.25, -0.2) is 9.37 Å². The summed E-state index contributed by atoms with van der Waals surface area (Å²) in [4.78, 5) is 4.36. The lowest BCUT2D eigenvalue weighted by Gasteiger charge is -2.11. The molecule has 0 amide bonds. The molecule has 0 aliphatic rings. The van der Waals surface area contributed by atoms with E-state index >= 15 is 0 Å². The topological polar surface area (TPSA) is 55.9 Å². The minimum atomic E-state index is -0.495. The highest BCUT2D eigenvalue weighted by Gasteiger charge is 2.13. The van der Waals surface area contributed by atoms with Crippen molar-refractivity contribution >= 4 is 45.6 Å². The molecule has 0 bridgehead atoms. The van der Waals surface area contributed by atoms with Crippen LogP contribution in [0.3, 0.4) is 0 Å². The Kier molecular flexibility index (Phi) is 4.30. The SMILES string of the molecule is Cc1cc(Cn2ccc3c(Nc4c(Cl)cc(F)cc4Cl)nccc32)no1. The van der Waals surface area contributed by atoms with E-state index in [1.165, 1.54) is 12.1 Å². The number of rotatable bonds is 4. The number of hydrogen-bond donors (Lipinski definition) is 1. The number of aromatic nitrogens is 3. The van der Waals surface area contributed by atoms with E-state index in [1.807, 2.05) is 35.9 Å². The van der Waals surface area contributed by atoms with Gasteiger partial charge in [-0.15, -0.1) is 0 Å². The zero-order valence-corrected chi connectivity index (χ0v) is 15.1. The Hall–Kier alpha value is -2.57. The summed E-state index contributed by atoms with van der Waals surface area (Å²) in [5.74, 6) is 0.847. The fourth-order valence-electron chi connectivity index (χ4n) is 2.81. The maximum atomic E-state index is 13.4. The number of nitrogens with zero attached hydrogens (tertiary/aromatic N) is 3. The molecule has 1 N–H and O–H groups in total. The molecule has 4 aromatic rings.